The standard InChI is InChI=1S/C14H22N2O2/c1-13(2,3)18-12(17)16-8-4-5-11(9-16)14(10-15)6-7-14/h11H,4-9H2,1-3H3. The van der Waals surface area contributed by atoms with E-state index in [1.807, 2.05) is 20.8 Å². The summed E-state index contributed by atoms with van der Waals surface area (Å²) in [6.45, 7) is 7.08. The van der Waals surface area contributed by atoms with Crippen LogP contribution >= 0.6 is 0 Å². The van der Waals surface area contributed by atoms with Crippen molar-refractivity contribution in [2.75, 3.05) is 13.1 Å². The fraction of sp³-hybridized carbons (Fsp3) is 0.857. The van der Waals surface area contributed by atoms with E-state index in [9.17, 15) is 10.1 Å². The Morgan fingerprint density at radius 2 is 2.11 bits per heavy atom. The first kappa shape index (κ1) is 13.2. The molecule has 1 unspecified atom stereocenters. The van der Waals surface area contributed by atoms with Crippen molar-refractivity contribution in [1.82, 2.24) is 4.90 Å². The van der Waals surface area contributed by atoms with Crippen LogP contribution in [0, 0.1) is 22.7 Å². The predicted octanol–water partition coefficient (Wildman–Crippen LogP) is 2.94. The van der Waals surface area contributed by atoms with E-state index in [1.54, 1.807) is 4.90 Å². The Balaban J connectivity index is 1.95. The zero-order valence-corrected chi connectivity index (χ0v) is 11.5. The lowest BCUT2D eigenvalue weighted by molar-refractivity contribution is 0.0137. The number of nitriles is 1. The van der Waals surface area contributed by atoms with Crippen LogP contribution in [0.15, 0.2) is 0 Å². The molecule has 4 heteroatoms. The van der Waals surface area contributed by atoms with E-state index < -0.39 is 5.60 Å². The molecule has 1 saturated heterocycles. The number of hydrogen-bond acceptors (Lipinski definition) is 3. The first-order valence-corrected chi connectivity index (χ1v) is 6.75. The predicted molar refractivity (Wildman–Crippen MR) is 67.8 cm³/mol. The van der Waals surface area contributed by atoms with Gasteiger partial charge in [0.25, 0.3) is 0 Å². The van der Waals surface area contributed by atoms with Crippen LogP contribution in [0.2, 0.25) is 0 Å². The average molecular weight is 250 g/mol. The van der Waals surface area contributed by atoms with Gasteiger partial charge in [0.15, 0.2) is 0 Å². The average Bonchev–Trinajstić information content (AvgIpc) is 3.08. The minimum absolute atomic E-state index is 0.138. The van der Waals surface area contributed by atoms with Crippen molar-refractivity contribution in [2.24, 2.45) is 11.3 Å². The third-order valence-electron chi connectivity index (χ3n) is 3.87. The summed E-state index contributed by atoms with van der Waals surface area (Å²) in [6.07, 6.45) is 3.80. The second-order valence-electron chi connectivity index (χ2n) is 6.53. The fourth-order valence-corrected chi connectivity index (χ4v) is 2.67. The Morgan fingerprint density at radius 3 is 2.61 bits per heavy atom. The number of carbonyl (C=O) groups excluding carboxylic acids is 1. The Morgan fingerprint density at radius 1 is 1.44 bits per heavy atom. The zero-order valence-electron chi connectivity index (χ0n) is 11.5. The fourth-order valence-electron chi connectivity index (χ4n) is 2.67. The second kappa shape index (κ2) is 4.46. The molecule has 1 amide bonds. The highest BCUT2D eigenvalue weighted by atomic mass is 16.6. The van der Waals surface area contributed by atoms with Crippen LogP contribution in [0.1, 0.15) is 46.5 Å². The van der Waals surface area contributed by atoms with Crippen LogP contribution in [-0.4, -0.2) is 29.7 Å². The molecule has 0 N–H and O–H groups in total. The minimum Gasteiger partial charge on any atom is -0.444 e. The van der Waals surface area contributed by atoms with Gasteiger partial charge in [0.2, 0.25) is 0 Å². The van der Waals surface area contributed by atoms with Crippen molar-refractivity contribution in [2.45, 2.75) is 52.1 Å². The number of rotatable bonds is 1. The molecule has 2 rings (SSSR count). The van der Waals surface area contributed by atoms with Gasteiger partial charge in [-0.2, -0.15) is 5.26 Å². The summed E-state index contributed by atoms with van der Waals surface area (Å²) in [6, 6.07) is 2.45. The van der Waals surface area contributed by atoms with E-state index in [4.69, 9.17) is 4.74 Å². The Bertz CT molecular complexity index is 374. The summed E-state index contributed by atoms with van der Waals surface area (Å²) in [5.41, 5.74) is -0.586. The summed E-state index contributed by atoms with van der Waals surface area (Å²) >= 11 is 0. The SMILES string of the molecule is CC(C)(C)OC(=O)N1CCCC(C2(C#N)CC2)C1. The molecule has 18 heavy (non-hydrogen) atoms. The summed E-state index contributed by atoms with van der Waals surface area (Å²) in [5.74, 6) is 0.337. The molecule has 1 aliphatic carbocycles. The number of ether oxygens (including phenoxy) is 1. The lowest BCUT2D eigenvalue weighted by Crippen LogP contribution is -2.44. The van der Waals surface area contributed by atoms with E-state index in [-0.39, 0.29) is 11.5 Å². The van der Waals surface area contributed by atoms with Crippen LogP contribution in [0.4, 0.5) is 4.79 Å². The molecule has 0 aromatic rings. The molecule has 0 spiro atoms. The summed E-state index contributed by atoms with van der Waals surface area (Å²) in [5, 5.41) is 9.24. The van der Waals surface area contributed by atoms with Crippen LogP contribution in [0.3, 0.4) is 0 Å². The van der Waals surface area contributed by atoms with Gasteiger partial charge in [0.05, 0.1) is 11.5 Å². The molecule has 0 radical (unpaired) electrons. The van der Waals surface area contributed by atoms with Crippen molar-refractivity contribution in [3.63, 3.8) is 0 Å². The topological polar surface area (TPSA) is 53.3 Å². The van der Waals surface area contributed by atoms with E-state index >= 15 is 0 Å². The maximum absolute atomic E-state index is 12.0. The van der Waals surface area contributed by atoms with Gasteiger partial charge in [-0.3, -0.25) is 0 Å². The van der Waals surface area contributed by atoms with Gasteiger partial charge in [-0.15, -0.1) is 0 Å². The summed E-state index contributed by atoms with van der Waals surface area (Å²) < 4.78 is 5.40. The molecule has 0 aromatic carbocycles. The van der Waals surface area contributed by atoms with Crippen LogP contribution in [0.25, 0.3) is 0 Å². The molecule has 1 heterocycles. The molecule has 2 fully saturated rings. The van der Waals surface area contributed by atoms with Gasteiger partial charge in [0.1, 0.15) is 5.60 Å². The third-order valence-corrected chi connectivity index (χ3v) is 3.87. The van der Waals surface area contributed by atoms with Crippen molar-refractivity contribution in [3.05, 3.63) is 0 Å². The Labute approximate surface area is 109 Å². The highest BCUT2D eigenvalue weighted by Crippen LogP contribution is 2.53. The number of likely N-dealkylation sites (tertiary alicyclic amines) is 1. The van der Waals surface area contributed by atoms with Gasteiger partial charge in [0, 0.05) is 13.1 Å². The number of amides is 1. The summed E-state index contributed by atoms with van der Waals surface area (Å²) in [7, 11) is 0. The smallest absolute Gasteiger partial charge is 0.410 e. The quantitative estimate of drug-likeness (QED) is 0.719. The first-order valence-electron chi connectivity index (χ1n) is 6.75. The highest BCUT2D eigenvalue weighted by Gasteiger charge is 2.51. The van der Waals surface area contributed by atoms with Gasteiger partial charge in [-0.25, -0.2) is 4.79 Å². The molecule has 1 saturated carbocycles. The number of nitrogens with zero attached hydrogens (tertiary/aromatic N) is 2. The highest BCUT2D eigenvalue weighted by molar-refractivity contribution is 5.68. The van der Waals surface area contributed by atoms with E-state index in [1.165, 1.54) is 0 Å². The van der Waals surface area contributed by atoms with Crippen molar-refractivity contribution < 1.29 is 9.53 Å². The normalized spacial score (nSPS) is 26.3. The monoisotopic (exact) mass is 250 g/mol. The molecular weight excluding hydrogens is 228 g/mol. The Kier molecular flexibility index (Phi) is 3.27. The maximum atomic E-state index is 12.0. The lowest BCUT2D eigenvalue weighted by atomic mass is 9.84. The first-order chi connectivity index (χ1) is 8.36. The van der Waals surface area contributed by atoms with E-state index in [0.29, 0.717) is 12.5 Å². The van der Waals surface area contributed by atoms with Gasteiger partial charge in [-0.05, 0) is 52.4 Å². The van der Waals surface area contributed by atoms with E-state index in [0.717, 1.165) is 32.2 Å². The van der Waals surface area contributed by atoms with Crippen molar-refractivity contribution in [3.8, 4) is 6.07 Å². The van der Waals surface area contributed by atoms with Crippen LogP contribution in [-0.2, 0) is 4.74 Å². The minimum atomic E-state index is -0.448. The lowest BCUT2D eigenvalue weighted by Gasteiger charge is -2.35. The Hall–Kier alpha value is -1.24. The van der Waals surface area contributed by atoms with Gasteiger partial charge >= 0.3 is 6.09 Å². The van der Waals surface area contributed by atoms with E-state index in [2.05, 4.69) is 6.07 Å². The van der Waals surface area contributed by atoms with Gasteiger partial charge in [-0.1, -0.05) is 0 Å². The molecular formula is C14H22N2O2. The second-order valence-corrected chi connectivity index (χ2v) is 6.53. The molecule has 0 aromatic heterocycles. The van der Waals surface area contributed by atoms with Crippen LogP contribution in [0.5, 0.6) is 0 Å². The maximum Gasteiger partial charge on any atom is 0.410 e. The molecule has 4 nitrogen and oxygen atoms in total. The number of carbonyl (C=O) groups is 1. The van der Waals surface area contributed by atoms with Crippen molar-refractivity contribution >= 4 is 6.09 Å². The number of piperidine rings is 1. The largest absolute Gasteiger partial charge is 0.444 e. The summed E-state index contributed by atoms with van der Waals surface area (Å²) in [4.78, 5) is 13.8. The molecule has 2 aliphatic rings. The van der Waals surface area contributed by atoms with Gasteiger partial charge < -0.3 is 9.64 Å². The van der Waals surface area contributed by atoms with Crippen molar-refractivity contribution in [1.29, 1.82) is 5.26 Å². The molecule has 1 aliphatic heterocycles. The molecule has 0 bridgehead atoms. The number of hydrogen-bond donors (Lipinski definition) is 0. The molecule has 1 atom stereocenters. The molecule has 100 valence electrons. The zero-order chi connectivity index (χ0) is 13.4. The third kappa shape index (κ3) is 2.77. The van der Waals surface area contributed by atoms with Crippen LogP contribution < -0.4 is 0 Å².